The molecule has 0 aliphatic carbocycles. The summed E-state index contributed by atoms with van der Waals surface area (Å²) in [5.74, 6) is -0.0737. The fourth-order valence-electron chi connectivity index (χ4n) is 6.84. The molecule has 51 heavy (non-hydrogen) atoms. The molecule has 0 fully saturated rings. The third-order valence-electron chi connectivity index (χ3n) is 10.3. The minimum absolute atomic E-state index is 0.0737. The fraction of sp³-hybridized carbons (Fsp3) is 0.851. The summed E-state index contributed by atoms with van der Waals surface area (Å²) in [5.41, 5.74) is 0. The second kappa shape index (κ2) is 43.0. The SMILES string of the molecule is CCCCCCCCCC/C=C\CCCCCCCCCCCCCC(=O)NC(CO)C(O)/C=C/CC/C=C/CCCCCCCCCCCC. The molecule has 0 rings (SSSR count). The van der Waals surface area contributed by atoms with E-state index in [1.54, 1.807) is 6.08 Å². The molecule has 3 N–H and O–H groups in total. The van der Waals surface area contributed by atoms with Crippen LogP contribution in [0.4, 0.5) is 0 Å². The first-order valence-electron chi connectivity index (χ1n) is 22.7. The standard InChI is InChI=1S/C47H89NO3/c1-3-5-7-9-11-13-15-17-19-21-22-23-24-25-26-27-29-31-33-35-37-39-41-43-47(51)48-45(44-49)46(50)42-40-38-36-34-32-30-28-20-18-16-14-12-10-8-6-4-2/h21-22,32,34,40,42,45-46,49-50H,3-20,23-31,33,35-39,41,43-44H2,1-2H3,(H,48,51)/b22-21-,34-32+,42-40+. The summed E-state index contributed by atoms with van der Waals surface area (Å²) >= 11 is 0. The number of hydrogen-bond acceptors (Lipinski definition) is 3. The van der Waals surface area contributed by atoms with E-state index in [1.807, 2.05) is 6.08 Å². The first-order chi connectivity index (χ1) is 25.2. The lowest BCUT2D eigenvalue weighted by Crippen LogP contribution is -2.45. The summed E-state index contributed by atoms with van der Waals surface area (Å²) in [4.78, 5) is 12.4. The summed E-state index contributed by atoms with van der Waals surface area (Å²) in [7, 11) is 0. The van der Waals surface area contributed by atoms with Gasteiger partial charge in [0.1, 0.15) is 0 Å². The molecule has 2 unspecified atom stereocenters. The van der Waals surface area contributed by atoms with Gasteiger partial charge in [-0.1, -0.05) is 211 Å². The third kappa shape index (κ3) is 39.6. The van der Waals surface area contributed by atoms with Crippen LogP contribution in [-0.4, -0.2) is 34.9 Å². The Bertz CT molecular complexity index is 775. The average Bonchev–Trinajstić information content (AvgIpc) is 3.13. The second-order valence-corrected chi connectivity index (χ2v) is 15.5. The molecular formula is C47H89NO3. The first-order valence-corrected chi connectivity index (χ1v) is 22.7. The van der Waals surface area contributed by atoms with Crippen LogP contribution in [0.15, 0.2) is 36.5 Å². The molecular weight excluding hydrogens is 627 g/mol. The first kappa shape index (κ1) is 49.6. The number of unbranched alkanes of at least 4 members (excludes halogenated alkanes) is 30. The molecule has 0 aromatic heterocycles. The maximum Gasteiger partial charge on any atom is 0.220 e. The van der Waals surface area contributed by atoms with E-state index in [9.17, 15) is 15.0 Å². The molecule has 0 aromatic carbocycles. The molecule has 300 valence electrons. The molecule has 0 aromatic rings. The van der Waals surface area contributed by atoms with Gasteiger partial charge in [0, 0.05) is 6.42 Å². The molecule has 0 aliphatic heterocycles. The highest BCUT2D eigenvalue weighted by molar-refractivity contribution is 5.76. The van der Waals surface area contributed by atoms with E-state index in [2.05, 4.69) is 43.5 Å². The molecule has 0 spiro atoms. The van der Waals surface area contributed by atoms with Crippen molar-refractivity contribution >= 4 is 5.91 Å². The topological polar surface area (TPSA) is 69.6 Å². The lowest BCUT2D eigenvalue weighted by molar-refractivity contribution is -0.123. The highest BCUT2D eigenvalue weighted by atomic mass is 16.3. The largest absolute Gasteiger partial charge is 0.394 e. The van der Waals surface area contributed by atoms with Gasteiger partial charge in [0.25, 0.3) is 0 Å². The number of rotatable bonds is 41. The number of amides is 1. The summed E-state index contributed by atoms with van der Waals surface area (Å²) in [5, 5.41) is 23.0. The molecule has 0 saturated heterocycles. The molecule has 0 radical (unpaired) electrons. The van der Waals surface area contributed by atoms with Crippen LogP contribution in [-0.2, 0) is 4.79 Å². The van der Waals surface area contributed by atoms with Crippen molar-refractivity contribution in [3.63, 3.8) is 0 Å². The number of nitrogens with one attached hydrogen (secondary N) is 1. The highest BCUT2D eigenvalue weighted by Crippen LogP contribution is 2.15. The highest BCUT2D eigenvalue weighted by Gasteiger charge is 2.17. The number of aliphatic hydroxyl groups excluding tert-OH is 2. The zero-order valence-electron chi connectivity index (χ0n) is 34.4. The minimum atomic E-state index is -0.860. The number of hydrogen-bond donors (Lipinski definition) is 3. The molecule has 0 heterocycles. The normalized spacial score (nSPS) is 13.3. The predicted octanol–water partition coefficient (Wildman–Crippen LogP) is 14.2. The van der Waals surface area contributed by atoms with Crippen LogP contribution < -0.4 is 5.32 Å². The average molecular weight is 716 g/mol. The number of carbonyl (C=O) groups is 1. The molecule has 0 bridgehead atoms. The van der Waals surface area contributed by atoms with E-state index in [1.165, 1.54) is 186 Å². The minimum Gasteiger partial charge on any atom is -0.394 e. The van der Waals surface area contributed by atoms with Gasteiger partial charge in [-0.15, -0.1) is 0 Å². The zero-order valence-corrected chi connectivity index (χ0v) is 34.4. The van der Waals surface area contributed by atoms with E-state index in [4.69, 9.17) is 0 Å². The van der Waals surface area contributed by atoms with Gasteiger partial charge in [-0.3, -0.25) is 4.79 Å². The van der Waals surface area contributed by atoms with Crippen molar-refractivity contribution in [2.45, 2.75) is 251 Å². The van der Waals surface area contributed by atoms with Crippen LogP contribution >= 0.6 is 0 Å². The van der Waals surface area contributed by atoms with E-state index >= 15 is 0 Å². The van der Waals surface area contributed by atoms with Gasteiger partial charge in [0.2, 0.25) is 5.91 Å². The van der Waals surface area contributed by atoms with Crippen molar-refractivity contribution < 1.29 is 15.0 Å². The van der Waals surface area contributed by atoms with Gasteiger partial charge in [-0.2, -0.15) is 0 Å². The van der Waals surface area contributed by atoms with Crippen molar-refractivity contribution in [3.05, 3.63) is 36.5 Å². The molecule has 1 amide bonds. The van der Waals surface area contributed by atoms with Gasteiger partial charge in [-0.05, 0) is 57.8 Å². The Balaban J connectivity index is 3.57. The fourth-order valence-corrected chi connectivity index (χ4v) is 6.84. The van der Waals surface area contributed by atoms with Crippen molar-refractivity contribution in [1.29, 1.82) is 0 Å². The zero-order chi connectivity index (χ0) is 37.1. The summed E-state index contributed by atoms with van der Waals surface area (Å²) in [6.07, 6.45) is 56.9. The Labute approximate surface area is 319 Å². The molecule has 4 nitrogen and oxygen atoms in total. The molecule has 0 saturated carbocycles. The Morgan fingerprint density at radius 3 is 1.14 bits per heavy atom. The van der Waals surface area contributed by atoms with Crippen molar-refractivity contribution in [1.82, 2.24) is 5.32 Å². The number of allylic oxidation sites excluding steroid dienone is 5. The monoisotopic (exact) mass is 716 g/mol. The van der Waals surface area contributed by atoms with E-state index in [0.717, 1.165) is 32.1 Å². The Morgan fingerprint density at radius 1 is 0.451 bits per heavy atom. The third-order valence-corrected chi connectivity index (χ3v) is 10.3. The maximum absolute atomic E-state index is 12.4. The van der Waals surface area contributed by atoms with Gasteiger partial charge in [0.05, 0.1) is 18.8 Å². The van der Waals surface area contributed by atoms with Crippen molar-refractivity contribution in [2.24, 2.45) is 0 Å². The second-order valence-electron chi connectivity index (χ2n) is 15.5. The summed E-state index contributed by atoms with van der Waals surface area (Å²) < 4.78 is 0. The maximum atomic E-state index is 12.4. The van der Waals surface area contributed by atoms with Crippen LogP contribution in [0.3, 0.4) is 0 Å². The van der Waals surface area contributed by atoms with E-state index in [-0.39, 0.29) is 12.5 Å². The van der Waals surface area contributed by atoms with Crippen molar-refractivity contribution in [3.8, 4) is 0 Å². The smallest absolute Gasteiger partial charge is 0.220 e. The van der Waals surface area contributed by atoms with Crippen LogP contribution in [0.1, 0.15) is 239 Å². The predicted molar refractivity (Wildman–Crippen MR) is 225 cm³/mol. The quantitative estimate of drug-likeness (QED) is 0.0436. The lowest BCUT2D eigenvalue weighted by Gasteiger charge is -2.19. The van der Waals surface area contributed by atoms with Crippen LogP contribution in [0, 0.1) is 0 Å². The summed E-state index contributed by atoms with van der Waals surface area (Å²) in [6.45, 7) is 4.30. The Kier molecular flexibility index (Phi) is 41.8. The Morgan fingerprint density at radius 2 is 0.765 bits per heavy atom. The van der Waals surface area contributed by atoms with Gasteiger partial charge >= 0.3 is 0 Å². The number of aliphatic hydroxyl groups is 2. The van der Waals surface area contributed by atoms with E-state index < -0.39 is 12.1 Å². The van der Waals surface area contributed by atoms with Crippen LogP contribution in [0.25, 0.3) is 0 Å². The van der Waals surface area contributed by atoms with Gasteiger partial charge in [0.15, 0.2) is 0 Å². The van der Waals surface area contributed by atoms with Gasteiger partial charge in [-0.25, -0.2) is 0 Å². The van der Waals surface area contributed by atoms with Crippen LogP contribution in [0.2, 0.25) is 0 Å². The lowest BCUT2D eigenvalue weighted by atomic mass is 10.0. The molecule has 2 atom stereocenters. The molecule has 4 heteroatoms. The van der Waals surface area contributed by atoms with Crippen LogP contribution in [0.5, 0.6) is 0 Å². The van der Waals surface area contributed by atoms with Gasteiger partial charge < -0.3 is 15.5 Å². The Hall–Kier alpha value is -1.39. The molecule has 0 aliphatic rings. The van der Waals surface area contributed by atoms with Crippen molar-refractivity contribution in [2.75, 3.05) is 6.61 Å². The number of carbonyl (C=O) groups excluding carboxylic acids is 1. The summed E-state index contributed by atoms with van der Waals surface area (Å²) in [6, 6.07) is -0.637. The van der Waals surface area contributed by atoms with E-state index in [0.29, 0.717) is 6.42 Å².